The van der Waals surface area contributed by atoms with Crippen molar-refractivity contribution in [1.82, 2.24) is 14.8 Å². The highest BCUT2D eigenvalue weighted by molar-refractivity contribution is 7.20. The van der Waals surface area contributed by atoms with Crippen LogP contribution in [-0.2, 0) is 0 Å². The Hall–Kier alpha value is -3.38. The van der Waals surface area contributed by atoms with Crippen molar-refractivity contribution in [2.24, 2.45) is 0 Å². The zero-order chi connectivity index (χ0) is 18.4. The van der Waals surface area contributed by atoms with Crippen LogP contribution in [-0.4, -0.2) is 20.7 Å². The maximum atomic E-state index is 12.9. The second-order valence-electron chi connectivity index (χ2n) is 6.36. The van der Waals surface area contributed by atoms with Crippen LogP contribution in [0.15, 0.2) is 66.9 Å². The first-order valence-electron chi connectivity index (χ1n) is 8.63. The number of H-pyrrole nitrogens is 1. The third-order valence-electron chi connectivity index (χ3n) is 4.61. The van der Waals surface area contributed by atoms with Crippen molar-refractivity contribution < 1.29 is 4.79 Å². The van der Waals surface area contributed by atoms with E-state index in [-0.39, 0.29) is 5.91 Å². The summed E-state index contributed by atoms with van der Waals surface area (Å²) in [6.07, 6.45) is 1.87. The molecule has 0 unspecified atom stereocenters. The van der Waals surface area contributed by atoms with Crippen LogP contribution in [0, 0.1) is 6.92 Å². The molecule has 2 N–H and O–H groups in total. The third-order valence-corrected chi connectivity index (χ3v) is 5.72. The van der Waals surface area contributed by atoms with Crippen LogP contribution in [0.5, 0.6) is 0 Å². The summed E-state index contributed by atoms with van der Waals surface area (Å²) < 4.78 is 1.90. The fourth-order valence-corrected chi connectivity index (χ4v) is 4.36. The van der Waals surface area contributed by atoms with Gasteiger partial charge in [-0.2, -0.15) is 5.10 Å². The average Bonchev–Trinajstić information content (AvgIpc) is 3.39. The third kappa shape index (κ3) is 2.62. The van der Waals surface area contributed by atoms with E-state index in [1.165, 1.54) is 11.3 Å². The molecule has 2 aromatic carbocycles. The van der Waals surface area contributed by atoms with Gasteiger partial charge in [0.25, 0.3) is 5.91 Å². The number of fused-ring (bicyclic) bond motifs is 2. The van der Waals surface area contributed by atoms with Crippen LogP contribution in [0.25, 0.3) is 26.8 Å². The summed E-state index contributed by atoms with van der Waals surface area (Å²) in [4.78, 5) is 17.7. The Bertz CT molecular complexity index is 1280. The molecule has 5 nitrogen and oxygen atoms in total. The molecule has 27 heavy (non-hydrogen) atoms. The molecule has 0 aliphatic rings. The van der Waals surface area contributed by atoms with E-state index in [0.717, 1.165) is 38.2 Å². The van der Waals surface area contributed by atoms with Gasteiger partial charge in [-0.05, 0) is 43.3 Å². The van der Waals surface area contributed by atoms with Crippen molar-refractivity contribution in [2.75, 3.05) is 5.32 Å². The van der Waals surface area contributed by atoms with Crippen LogP contribution in [0.4, 0.5) is 5.69 Å². The van der Waals surface area contributed by atoms with E-state index < -0.39 is 0 Å². The second kappa shape index (κ2) is 6.10. The molecule has 0 bridgehead atoms. The zero-order valence-electron chi connectivity index (χ0n) is 14.6. The molecule has 0 fully saturated rings. The minimum absolute atomic E-state index is 0.107. The lowest BCUT2D eigenvalue weighted by Gasteiger charge is -2.05. The minimum atomic E-state index is -0.107. The van der Waals surface area contributed by atoms with Gasteiger partial charge in [-0.1, -0.05) is 24.3 Å². The number of hydrogen-bond donors (Lipinski definition) is 2. The molecule has 3 heterocycles. The zero-order valence-corrected chi connectivity index (χ0v) is 15.4. The van der Waals surface area contributed by atoms with Gasteiger partial charge in [0.2, 0.25) is 0 Å². The standard InChI is InChI=1S/C21H16N4OS/c1-13-16-12-19(27-21(16)25(24-13)14-6-3-2-4-7-14)20(26)23-18-9-5-8-17-15(18)10-11-22-17/h2-12,22H,1H3,(H,23,26). The summed E-state index contributed by atoms with van der Waals surface area (Å²) in [5.74, 6) is -0.107. The van der Waals surface area contributed by atoms with Crippen molar-refractivity contribution in [3.05, 3.63) is 77.4 Å². The molecule has 0 saturated carbocycles. The second-order valence-corrected chi connectivity index (χ2v) is 7.39. The van der Waals surface area contributed by atoms with Gasteiger partial charge >= 0.3 is 0 Å². The number of benzene rings is 2. The summed E-state index contributed by atoms with van der Waals surface area (Å²) >= 11 is 1.45. The number of aryl methyl sites for hydroxylation is 1. The predicted octanol–water partition coefficient (Wildman–Crippen LogP) is 5.13. The van der Waals surface area contributed by atoms with Crippen LogP contribution in [0.1, 0.15) is 15.4 Å². The number of amides is 1. The van der Waals surface area contributed by atoms with Gasteiger partial charge < -0.3 is 10.3 Å². The Labute approximate surface area is 159 Å². The summed E-state index contributed by atoms with van der Waals surface area (Å²) in [6, 6.07) is 19.7. The number of hydrogen-bond acceptors (Lipinski definition) is 3. The molecule has 5 aromatic rings. The Balaban J connectivity index is 1.54. The maximum Gasteiger partial charge on any atom is 0.265 e. The number of aromatic amines is 1. The quantitative estimate of drug-likeness (QED) is 0.461. The Morgan fingerprint density at radius 2 is 1.93 bits per heavy atom. The molecule has 3 aromatic heterocycles. The molecule has 0 aliphatic carbocycles. The van der Waals surface area contributed by atoms with Gasteiger partial charge in [-0.25, -0.2) is 4.68 Å². The molecule has 5 rings (SSSR count). The van der Waals surface area contributed by atoms with Crippen LogP contribution >= 0.6 is 11.3 Å². The molecule has 0 spiro atoms. The predicted molar refractivity (Wildman–Crippen MR) is 110 cm³/mol. The van der Waals surface area contributed by atoms with Crippen molar-refractivity contribution in [1.29, 1.82) is 0 Å². The smallest absolute Gasteiger partial charge is 0.265 e. The Kier molecular flexibility index (Phi) is 3.58. The first kappa shape index (κ1) is 15.8. The fraction of sp³-hybridized carbons (Fsp3) is 0.0476. The van der Waals surface area contributed by atoms with Gasteiger partial charge in [0.15, 0.2) is 0 Å². The molecule has 0 atom stereocenters. The van der Waals surface area contributed by atoms with E-state index in [9.17, 15) is 4.79 Å². The van der Waals surface area contributed by atoms with E-state index >= 15 is 0 Å². The molecule has 132 valence electrons. The number of nitrogens with zero attached hydrogens (tertiary/aromatic N) is 2. The number of thiophene rings is 1. The monoisotopic (exact) mass is 372 g/mol. The SMILES string of the molecule is Cc1nn(-c2ccccc2)c2sc(C(=O)Nc3cccc4[nH]ccc34)cc12. The van der Waals surface area contributed by atoms with Crippen molar-refractivity contribution in [3.8, 4) is 5.69 Å². The molecule has 1 amide bonds. The van der Waals surface area contributed by atoms with E-state index in [0.29, 0.717) is 4.88 Å². The molecule has 0 radical (unpaired) electrons. The lowest BCUT2D eigenvalue weighted by atomic mass is 10.2. The highest BCUT2D eigenvalue weighted by Crippen LogP contribution is 2.31. The molecule has 0 saturated heterocycles. The highest BCUT2D eigenvalue weighted by Gasteiger charge is 2.17. The molecule has 0 aliphatic heterocycles. The van der Waals surface area contributed by atoms with Gasteiger partial charge in [0.05, 0.1) is 21.9 Å². The number of carbonyl (C=O) groups is 1. The number of carbonyl (C=O) groups excluding carboxylic acids is 1. The van der Waals surface area contributed by atoms with E-state index in [4.69, 9.17) is 0 Å². The summed E-state index contributed by atoms with van der Waals surface area (Å²) in [7, 11) is 0. The van der Waals surface area contributed by atoms with Crippen LogP contribution in [0.3, 0.4) is 0 Å². The first-order valence-corrected chi connectivity index (χ1v) is 9.44. The number of para-hydroxylation sites is 1. The van der Waals surface area contributed by atoms with Gasteiger partial charge in [-0.3, -0.25) is 4.79 Å². The van der Waals surface area contributed by atoms with Crippen molar-refractivity contribution >= 4 is 44.1 Å². The molecular weight excluding hydrogens is 356 g/mol. The topological polar surface area (TPSA) is 62.7 Å². The van der Waals surface area contributed by atoms with E-state index in [1.54, 1.807) is 0 Å². The van der Waals surface area contributed by atoms with E-state index in [2.05, 4.69) is 15.4 Å². The molecule has 6 heteroatoms. The van der Waals surface area contributed by atoms with Crippen molar-refractivity contribution in [3.63, 3.8) is 0 Å². The largest absolute Gasteiger partial charge is 0.361 e. The normalized spacial score (nSPS) is 11.3. The molecular formula is C21H16N4OS. The Morgan fingerprint density at radius 3 is 2.78 bits per heavy atom. The first-order chi connectivity index (χ1) is 13.2. The number of aromatic nitrogens is 3. The maximum absolute atomic E-state index is 12.9. The summed E-state index contributed by atoms with van der Waals surface area (Å²) in [5.41, 5.74) is 3.70. The van der Waals surface area contributed by atoms with Gasteiger partial charge in [0.1, 0.15) is 4.83 Å². The van der Waals surface area contributed by atoms with Gasteiger partial charge in [-0.15, -0.1) is 11.3 Å². The number of rotatable bonds is 3. The minimum Gasteiger partial charge on any atom is -0.361 e. The van der Waals surface area contributed by atoms with Gasteiger partial charge in [0, 0.05) is 22.5 Å². The number of nitrogens with one attached hydrogen (secondary N) is 2. The summed E-state index contributed by atoms with van der Waals surface area (Å²) in [5, 5.41) is 9.68. The van der Waals surface area contributed by atoms with Crippen LogP contribution in [0.2, 0.25) is 0 Å². The van der Waals surface area contributed by atoms with Crippen LogP contribution < -0.4 is 5.32 Å². The Morgan fingerprint density at radius 1 is 1.07 bits per heavy atom. The lowest BCUT2D eigenvalue weighted by molar-refractivity contribution is 0.103. The highest BCUT2D eigenvalue weighted by atomic mass is 32.1. The average molecular weight is 372 g/mol. The summed E-state index contributed by atoms with van der Waals surface area (Å²) in [6.45, 7) is 1.97. The lowest BCUT2D eigenvalue weighted by Crippen LogP contribution is -2.10. The van der Waals surface area contributed by atoms with Crippen molar-refractivity contribution in [2.45, 2.75) is 6.92 Å². The number of anilines is 1. The fourth-order valence-electron chi connectivity index (χ4n) is 3.28. The van der Waals surface area contributed by atoms with E-state index in [1.807, 2.05) is 78.5 Å².